The third kappa shape index (κ3) is 1.93. The van der Waals surface area contributed by atoms with Gasteiger partial charge in [-0.1, -0.05) is 0 Å². The van der Waals surface area contributed by atoms with Crippen LogP contribution in [0.1, 0.15) is 22.1 Å². The van der Waals surface area contributed by atoms with E-state index in [1.54, 1.807) is 11.2 Å². The van der Waals surface area contributed by atoms with Gasteiger partial charge in [-0.05, 0) is 6.07 Å². The van der Waals surface area contributed by atoms with Crippen LogP contribution in [0.3, 0.4) is 0 Å². The van der Waals surface area contributed by atoms with Gasteiger partial charge in [0.2, 0.25) is 0 Å². The molecule has 2 heterocycles. The average Bonchev–Trinajstić information content (AvgIpc) is 2.65. The zero-order valence-corrected chi connectivity index (χ0v) is 8.16. The number of carboxylic acid groups (broad SMARTS) is 1. The molecule has 0 amide bonds. The number of hydrogen-bond acceptors (Lipinski definition) is 5. The van der Waals surface area contributed by atoms with Crippen molar-refractivity contribution in [1.29, 1.82) is 0 Å². The maximum Gasteiger partial charge on any atom is 0.354 e. The molecule has 1 unspecified atom stereocenters. The van der Waals surface area contributed by atoms with Crippen molar-refractivity contribution in [3.8, 4) is 0 Å². The van der Waals surface area contributed by atoms with Gasteiger partial charge in [0.05, 0.1) is 11.6 Å². The number of nitrogens with zero attached hydrogens (tertiary/aromatic N) is 4. The summed E-state index contributed by atoms with van der Waals surface area (Å²) in [6.45, 7) is 0.718. The number of aromatic nitrogens is 2. The number of carbonyl (C=O) groups is 1. The van der Waals surface area contributed by atoms with Gasteiger partial charge in [0.15, 0.2) is 5.69 Å². The molecule has 2 rings (SSSR count). The first-order chi connectivity index (χ1) is 7.16. The molecule has 1 atom stereocenters. The molecule has 1 aromatic rings. The number of aromatic carboxylic acids is 1. The number of likely N-dealkylation sites (N-methyl/N-ethyl adjacent to an activating group) is 1. The van der Waals surface area contributed by atoms with Crippen LogP contribution in [0, 0.1) is 0 Å². The van der Waals surface area contributed by atoms with Crippen LogP contribution in [0.2, 0.25) is 0 Å². The van der Waals surface area contributed by atoms with Crippen LogP contribution in [-0.4, -0.2) is 45.9 Å². The molecular weight excluding hydrogens is 196 g/mol. The van der Waals surface area contributed by atoms with Crippen molar-refractivity contribution in [2.75, 3.05) is 13.6 Å². The zero-order valence-electron chi connectivity index (χ0n) is 8.16. The molecule has 6 nitrogen and oxygen atoms in total. The summed E-state index contributed by atoms with van der Waals surface area (Å²) in [5.41, 5.74) is 0.707. The lowest BCUT2D eigenvalue weighted by atomic mass is 10.1. The Hall–Kier alpha value is -1.98. The molecule has 0 radical (unpaired) electrons. The molecule has 0 saturated heterocycles. The van der Waals surface area contributed by atoms with Crippen LogP contribution >= 0.6 is 0 Å². The molecule has 1 N–H and O–H groups in total. The minimum absolute atomic E-state index is 0.0166. The molecule has 0 aliphatic carbocycles. The Labute approximate surface area is 86.3 Å². The molecule has 0 spiro atoms. The molecule has 0 saturated carbocycles. The molecule has 15 heavy (non-hydrogen) atoms. The Bertz CT molecular complexity index is 418. The van der Waals surface area contributed by atoms with Gasteiger partial charge in [-0.25, -0.2) is 14.8 Å². The molecule has 0 fully saturated rings. The van der Waals surface area contributed by atoms with Gasteiger partial charge in [-0.3, -0.25) is 5.01 Å². The number of carboxylic acids is 1. The van der Waals surface area contributed by atoms with Crippen molar-refractivity contribution in [2.45, 2.75) is 5.92 Å². The van der Waals surface area contributed by atoms with Gasteiger partial charge in [0.25, 0.3) is 0 Å². The highest BCUT2D eigenvalue weighted by atomic mass is 16.4. The fraction of sp³-hybridized carbons (Fsp3) is 0.333. The summed E-state index contributed by atoms with van der Waals surface area (Å²) in [5.74, 6) is -0.988. The molecule has 1 aliphatic rings. The van der Waals surface area contributed by atoms with Gasteiger partial charge < -0.3 is 5.11 Å². The van der Waals surface area contributed by atoms with Crippen molar-refractivity contribution in [1.82, 2.24) is 15.0 Å². The highest BCUT2D eigenvalue weighted by Crippen LogP contribution is 2.17. The van der Waals surface area contributed by atoms with E-state index in [1.165, 1.54) is 12.4 Å². The van der Waals surface area contributed by atoms with Crippen LogP contribution in [-0.2, 0) is 0 Å². The van der Waals surface area contributed by atoms with Gasteiger partial charge in [0.1, 0.15) is 6.33 Å². The maximum absolute atomic E-state index is 10.7. The van der Waals surface area contributed by atoms with E-state index in [4.69, 9.17) is 5.11 Å². The number of hydrogen-bond donors (Lipinski definition) is 1. The summed E-state index contributed by atoms with van der Waals surface area (Å²) in [6.07, 6.45) is 3.03. The molecule has 78 valence electrons. The van der Waals surface area contributed by atoms with Crippen LogP contribution in [0.5, 0.6) is 0 Å². The minimum atomic E-state index is -1.04. The van der Waals surface area contributed by atoms with Crippen molar-refractivity contribution in [3.63, 3.8) is 0 Å². The van der Waals surface area contributed by atoms with E-state index in [0.29, 0.717) is 5.69 Å². The fourth-order valence-corrected chi connectivity index (χ4v) is 1.44. The smallest absolute Gasteiger partial charge is 0.354 e. The van der Waals surface area contributed by atoms with Crippen molar-refractivity contribution in [2.24, 2.45) is 5.10 Å². The Kier molecular flexibility index (Phi) is 2.32. The van der Waals surface area contributed by atoms with E-state index in [1.807, 2.05) is 7.05 Å². The van der Waals surface area contributed by atoms with E-state index >= 15 is 0 Å². The Morgan fingerprint density at radius 3 is 3.00 bits per heavy atom. The van der Waals surface area contributed by atoms with Crippen LogP contribution < -0.4 is 0 Å². The monoisotopic (exact) mass is 206 g/mol. The van der Waals surface area contributed by atoms with Crippen LogP contribution in [0.15, 0.2) is 17.5 Å². The minimum Gasteiger partial charge on any atom is -0.477 e. The van der Waals surface area contributed by atoms with Gasteiger partial charge in [0, 0.05) is 19.8 Å². The lowest BCUT2D eigenvalue weighted by Gasteiger charge is -2.09. The summed E-state index contributed by atoms with van der Waals surface area (Å²) in [4.78, 5) is 18.4. The van der Waals surface area contributed by atoms with E-state index < -0.39 is 5.97 Å². The average molecular weight is 206 g/mol. The number of hydrazone groups is 1. The summed E-state index contributed by atoms with van der Waals surface area (Å²) in [5, 5.41) is 14.6. The van der Waals surface area contributed by atoms with Crippen LogP contribution in [0.25, 0.3) is 0 Å². The number of rotatable bonds is 2. The maximum atomic E-state index is 10.7. The SMILES string of the molecule is CN1CC(c2cc(C(=O)O)ncn2)C=N1. The molecule has 0 aromatic carbocycles. The second kappa shape index (κ2) is 3.64. The molecular formula is C9H10N4O2. The summed E-state index contributed by atoms with van der Waals surface area (Å²) < 4.78 is 0. The second-order valence-corrected chi connectivity index (χ2v) is 3.34. The molecule has 6 heteroatoms. The first-order valence-corrected chi connectivity index (χ1v) is 4.47. The Balaban J connectivity index is 2.26. The van der Waals surface area contributed by atoms with Gasteiger partial charge in [-0.15, -0.1) is 0 Å². The summed E-state index contributed by atoms with van der Waals surface area (Å²) in [6, 6.07) is 1.48. The Morgan fingerprint density at radius 2 is 2.40 bits per heavy atom. The highest BCUT2D eigenvalue weighted by Gasteiger charge is 2.19. The van der Waals surface area contributed by atoms with E-state index in [2.05, 4.69) is 15.1 Å². The lowest BCUT2D eigenvalue weighted by Crippen LogP contribution is -2.14. The predicted molar refractivity (Wildman–Crippen MR) is 52.9 cm³/mol. The third-order valence-corrected chi connectivity index (χ3v) is 2.19. The van der Waals surface area contributed by atoms with Crippen molar-refractivity contribution in [3.05, 3.63) is 23.8 Å². The summed E-state index contributed by atoms with van der Waals surface area (Å²) >= 11 is 0. The fourth-order valence-electron chi connectivity index (χ4n) is 1.44. The quantitative estimate of drug-likeness (QED) is 0.747. The first-order valence-electron chi connectivity index (χ1n) is 4.47. The van der Waals surface area contributed by atoms with E-state index in [0.717, 1.165) is 6.54 Å². The summed E-state index contributed by atoms with van der Waals surface area (Å²) in [7, 11) is 1.86. The predicted octanol–water partition coefficient (Wildman–Crippen LogP) is 0.190. The molecule has 1 aromatic heterocycles. The van der Waals surface area contributed by atoms with Gasteiger partial charge >= 0.3 is 5.97 Å². The lowest BCUT2D eigenvalue weighted by molar-refractivity contribution is 0.0690. The topological polar surface area (TPSA) is 78.7 Å². The highest BCUT2D eigenvalue weighted by molar-refractivity contribution is 5.85. The largest absolute Gasteiger partial charge is 0.477 e. The van der Waals surface area contributed by atoms with Gasteiger partial charge in [-0.2, -0.15) is 5.10 Å². The van der Waals surface area contributed by atoms with Crippen LogP contribution in [0.4, 0.5) is 0 Å². The second-order valence-electron chi connectivity index (χ2n) is 3.34. The molecule has 0 bridgehead atoms. The third-order valence-electron chi connectivity index (χ3n) is 2.19. The normalized spacial score (nSPS) is 19.5. The van der Waals surface area contributed by atoms with E-state index in [-0.39, 0.29) is 11.6 Å². The first kappa shape index (κ1) is 9.57. The standard InChI is InChI=1S/C9H10N4O2/c1-13-4-6(3-12-13)7-2-8(9(14)15)11-5-10-7/h2-3,5-6H,4H2,1H3,(H,14,15). The Morgan fingerprint density at radius 1 is 1.60 bits per heavy atom. The van der Waals surface area contributed by atoms with Crippen molar-refractivity contribution < 1.29 is 9.90 Å². The molecule has 1 aliphatic heterocycles. The van der Waals surface area contributed by atoms with E-state index in [9.17, 15) is 4.79 Å². The van der Waals surface area contributed by atoms with Crippen molar-refractivity contribution >= 4 is 12.2 Å². The zero-order chi connectivity index (χ0) is 10.8.